The third-order valence-electron chi connectivity index (χ3n) is 3.10. The molecule has 0 radical (unpaired) electrons. The van der Waals surface area contributed by atoms with Crippen LogP contribution in [0.25, 0.3) is 0 Å². The van der Waals surface area contributed by atoms with E-state index in [4.69, 9.17) is 0 Å². The average molecular weight is 263 g/mol. The van der Waals surface area contributed by atoms with Crippen LogP contribution in [0.5, 0.6) is 0 Å². The van der Waals surface area contributed by atoms with Crippen molar-refractivity contribution in [1.29, 1.82) is 0 Å². The summed E-state index contributed by atoms with van der Waals surface area (Å²) in [5, 5.41) is 3.23. The van der Waals surface area contributed by atoms with Crippen LogP contribution in [-0.2, 0) is 4.79 Å². The van der Waals surface area contributed by atoms with Crippen LogP contribution >= 0.6 is 0 Å². The van der Waals surface area contributed by atoms with E-state index in [1.165, 1.54) is 0 Å². The molecule has 1 aromatic rings. The van der Waals surface area contributed by atoms with Crippen molar-refractivity contribution in [3.05, 3.63) is 12.3 Å². The first-order chi connectivity index (χ1) is 9.19. The first kappa shape index (κ1) is 13.6. The van der Waals surface area contributed by atoms with Crippen LogP contribution < -0.4 is 10.2 Å². The highest BCUT2D eigenvalue weighted by Gasteiger charge is 2.16. The highest BCUT2D eigenvalue weighted by molar-refractivity contribution is 5.49. The molecule has 1 fully saturated rings. The number of rotatable bonds is 5. The number of amides is 1. The zero-order valence-electron chi connectivity index (χ0n) is 11.5. The van der Waals surface area contributed by atoms with Gasteiger partial charge in [0, 0.05) is 38.9 Å². The Bertz CT molecular complexity index is 415. The van der Waals surface area contributed by atoms with Gasteiger partial charge in [0.2, 0.25) is 12.4 Å². The van der Waals surface area contributed by atoms with Gasteiger partial charge in [0.25, 0.3) is 0 Å². The zero-order chi connectivity index (χ0) is 13.7. The van der Waals surface area contributed by atoms with Crippen LogP contribution in [0, 0.1) is 5.92 Å². The molecule has 1 aromatic heterocycles. The van der Waals surface area contributed by atoms with Crippen LogP contribution in [0.4, 0.5) is 11.8 Å². The number of nitrogens with one attached hydrogen (secondary N) is 1. The summed E-state index contributed by atoms with van der Waals surface area (Å²) in [4.78, 5) is 23.4. The summed E-state index contributed by atoms with van der Waals surface area (Å²) >= 11 is 0. The lowest BCUT2D eigenvalue weighted by molar-refractivity contribution is -0.118. The van der Waals surface area contributed by atoms with Gasteiger partial charge in [0.05, 0.1) is 0 Å². The Hall–Kier alpha value is -1.85. The summed E-state index contributed by atoms with van der Waals surface area (Å²) in [5.74, 6) is 2.15. The van der Waals surface area contributed by atoms with Gasteiger partial charge in [-0.25, -0.2) is 4.98 Å². The van der Waals surface area contributed by atoms with Crippen LogP contribution in [0.3, 0.4) is 0 Å². The van der Waals surface area contributed by atoms with Crippen LogP contribution in [0.1, 0.15) is 13.8 Å². The predicted molar refractivity (Wildman–Crippen MR) is 75.2 cm³/mol. The average Bonchev–Trinajstić information content (AvgIpc) is 2.45. The molecule has 2 heterocycles. The van der Waals surface area contributed by atoms with Crippen molar-refractivity contribution in [2.45, 2.75) is 13.8 Å². The lowest BCUT2D eigenvalue weighted by Gasteiger charge is -2.33. The molecule has 19 heavy (non-hydrogen) atoms. The third-order valence-corrected chi connectivity index (χ3v) is 3.10. The highest BCUT2D eigenvalue weighted by atomic mass is 16.1. The van der Waals surface area contributed by atoms with E-state index in [0.29, 0.717) is 11.9 Å². The van der Waals surface area contributed by atoms with E-state index >= 15 is 0 Å². The number of aromatic nitrogens is 2. The van der Waals surface area contributed by atoms with Crippen molar-refractivity contribution >= 4 is 18.2 Å². The number of hydrogen-bond acceptors (Lipinski definition) is 5. The Morgan fingerprint density at radius 3 is 2.74 bits per heavy atom. The van der Waals surface area contributed by atoms with Crippen molar-refractivity contribution in [2.75, 3.05) is 42.9 Å². The van der Waals surface area contributed by atoms with Crippen LogP contribution in [0.2, 0.25) is 0 Å². The van der Waals surface area contributed by atoms with Crippen molar-refractivity contribution in [2.24, 2.45) is 5.92 Å². The largest absolute Gasteiger partial charge is 0.354 e. The molecular formula is C13H21N5O. The topological polar surface area (TPSA) is 61.4 Å². The lowest BCUT2D eigenvalue weighted by atomic mass is 10.2. The van der Waals surface area contributed by atoms with Gasteiger partial charge in [0.1, 0.15) is 5.82 Å². The van der Waals surface area contributed by atoms with E-state index in [-0.39, 0.29) is 0 Å². The molecular weight excluding hydrogens is 242 g/mol. The second-order valence-electron chi connectivity index (χ2n) is 5.14. The molecule has 1 amide bonds. The maximum atomic E-state index is 10.7. The fourth-order valence-corrected chi connectivity index (χ4v) is 1.96. The molecule has 1 saturated heterocycles. The molecule has 0 saturated carbocycles. The monoisotopic (exact) mass is 263 g/mol. The summed E-state index contributed by atoms with van der Waals surface area (Å²) in [6, 6.07) is 1.91. The van der Waals surface area contributed by atoms with E-state index in [9.17, 15) is 4.79 Å². The predicted octanol–water partition coefficient (Wildman–Crippen LogP) is 0.823. The minimum absolute atomic E-state index is 0.559. The van der Waals surface area contributed by atoms with Gasteiger partial charge in [-0.05, 0) is 12.0 Å². The SMILES string of the molecule is CC(C)CNc1nccc(N2CCN(C=O)CC2)n1. The van der Waals surface area contributed by atoms with E-state index in [1.807, 2.05) is 6.07 Å². The molecule has 0 aromatic carbocycles. The highest BCUT2D eigenvalue weighted by Crippen LogP contribution is 2.14. The molecule has 1 aliphatic rings. The van der Waals surface area contributed by atoms with Gasteiger partial charge in [-0.1, -0.05) is 13.8 Å². The standard InChI is InChI=1S/C13H21N5O/c1-11(2)9-15-13-14-4-3-12(16-13)18-7-5-17(10-19)6-8-18/h3-4,10-11H,5-9H2,1-2H3,(H,14,15,16). The van der Waals surface area contributed by atoms with E-state index in [0.717, 1.165) is 45.0 Å². The molecule has 1 aliphatic heterocycles. The van der Waals surface area contributed by atoms with Gasteiger partial charge in [-0.15, -0.1) is 0 Å². The van der Waals surface area contributed by atoms with Gasteiger partial charge < -0.3 is 15.1 Å². The molecule has 104 valence electrons. The summed E-state index contributed by atoms with van der Waals surface area (Å²) in [7, 11) is 0. The Morgan fingerprint density at radius 2 is 2.11 bits per heavy atom. The van der Waals surface area contributed by atoms with Crippen LogP contribution in [0.15, 0.2) is 12.3 Å². The first-order valence-corrected chi connectivity index (χ1v) is 6.70. The van der Waals surface area contributed by atoms with E-state index < -0.39 is 0 Å². The Balaban J connectivity index is 1.97. The number of anilines is 2. The van der Waals surface area contributed by atoms with Gasteiger partial charge in [0.15, 0.2) is 0 Å². The number of carbonyl (C=O) groups is 1. The third kappa shape index (κ3) is 3.81. The Labute approximate surface area is 113 Å². The Kier molecular flexibility index (Phi) is 4.54. The van der Waals surface area contributed by atoms with E-state index in [1.54, 1.807) is 11.1 Å². The number of carbonyl (C=O) groups excluding carboxylic acids is 1. The molecule has 1 N–H and O–H groups in total. The summed E-state index contributed by atoms with van der Waals surface area (Å²) in [6.07, 6.45) is 2.68. The molecule has 0 atom stereocenters. The van der Waals surface area contributed by atoms with Crippen molar-refractivity contribution < 1.29 is 4.79 Å². The number of nitrogens with zero attached hydrogens (tertiary/aromatic N) is 4. The molecule has 2 rings (SSSR count). The second-order valence-corrected chi connectivity index (χ2v) is 5.14. The summed E-state index contributed by atoms with van der Waals surface area (Å²) < 4.78 is 0. The molecule has 0 unspecified atom stereocenters. The van der Waals surface area contributed by atoms with Crippen molar-refractivity contribution in [3.8, 4) is 0 Å². The van der Waals surface area contributed by atoms with Gasteiger partial charge >= 0.3 is 0 Å². The lowest BCUT2D eigenvalue weighted by Crippen LogP contribution is -2.46. The quantitative estimate of drug-likeness (QED) is 0.797. The first-order valence-electron chi connectivity index (χ1n) is 6.70. The second kappa shape index (κ2) is 6.36. The minimum Gasteiger partial charge on any atom is -0.354 e. The molecule has 6 nitrogen and oxygen atoms in total. The molecule has 0 spiro atoms. The summed E-state index contributed by atoms with van der Waals surface area (Å²) in [5.41, 5.74) is 0. The van der Waals surface area contributed by atoms with Gasteiger partial charge in [-0.3, -0.25) is 4.79 Å². The molecule has 0 aliphatic carbocycles. The van der Waals surface area contributed by atoms with Crippen molar-refractivity contribution in [1.82, 2.24) is 14.9 Å². The fourth-order valence-electron chi connectivity index (χ4n) is 1.96. The summed E-state index contributed by atoms with van der Waals surface area (Å²) in [6.45, 7) is 8.30. The maximum absolute atomic E-state index is 10.7. The fraction of sp³-hybridized carbons (Fsp3) is 0.615. The van der Waals surface area contributed by atoms with Gasteiger partial charge in [-0.2, -0.15) is 4.98 Å². The van der Waals surface area contributed by atoms with Crippen LogP contribution in [-0.4, -0.2) is 54.0 Å². The maximum Gasteiger partial charge on any atom is 0.224 e. The smallest absolute Gasteiger partial charge is 0.224 e. The van der Waals surface area contributed by atoms with Crippen molar-refractivity contribution in [3.63, 3.8) is 0 Å². The number of hydrogen-bond donors (Lipinski definition) is 1. The van der Waals surface area contributed by atoms with E-state index in [2.05, 4.69) is 34.0 Å². The zero-order valence-corrected chi connectivity index (χ0v) is 11.5. The Morgan fingerprint density at radius 1 is 1.37 bits per heavy atom. The molecule has 6 heteroatoms. The normalized spacial score (nSPS) is 15.7. The number of piperazine rings is 1. The molecule has 0 bridgehead atoms. The minimum atomic E-state index is 0.559.